The Hall–Kier alpha value is -2.30. The zero-order chi connectivity index (χ0) is 32.8. The van der Waals surface area contributed by atoms with Gasteiger partial charge in [-0.1, -0.05) is 0 Å². The van der Waals surface area contributed by atoms with Crippen molar-refractivity contribution in [3.63, 3.8) is 0 Å². The third-order valence-corrected chi connectivity index (χ3v) is 21.0. The molecule has 48 heavy (non-hydrogen) atoms. The van der Waals surface area contributed by atoms with E-state index in [-0.39, 0.29) is 0 Å². The van der Waals surface area contributed by atoms with Crippen molar-refractivity contribution >= 4 is 104 Å². The fourth-order valence-electron chi connectivity index (χ4n) is 5.37. The second-order valence-corrected chi connectivity index (χ2v) is 22.8. The number of rotatable bonds is 11. The van der Waals surface area contributed by atoms with Crippen LogP contribution in [-0.4, -0.2) is 30.1 Å². The fraction of sp³-hybridized carbons (Fsp3) is 0.111. The van der Waals surface area contributed by atoms with E-state index in [1.165, 1.54) is 73.2 Å². The van der Waals surface area contributed by atoms with Gasteiger partial charge in [-0.15, -0.1) is 90.7 Å². The Morgan fingerprint density at radius 3 is 0.792 bits per heavy atom. The van der Waals surface area contributed by atoms with Gasteiger partial charge < -0.3 is 13.3 Å². The standard InChI is InChI=1S/C36H28O3S8Si/c1-21-5-6-22(40-21)23-7-8-24(41-23)25-9-10-26(42-25)27-11-12-28(43-27)29-13-14-30(44-29)31-15-16-32(45-31)33-17-18-34(46-33)35-19-20-36(47-35)48(37-2,38-3)39-4/h5-20H,1-4H3. The van der Waals surface area contributed by atoms with Crippen molar-refractivity contribution in [3.05, 3.63) is 102 Å². The molecule has 12 heteroatoms. The van der Waals surface area contributed by atoms with Crippen molar-refractivity contribution in [1.82, 2.24) is 0 Å². The molecule has 8 aromatic rings. The van der Waals surface area contributed by atoms with Crippen molar-refractivity contribution in [2.24, 2.45) is 0 Å². The monoisotopic (exact) mass is 792 g/mol. The molecule has 0 fully saturated rings. The van der Waals surface area contributed by atoms with Gasteiger partial charge in [-0.2, -0.15) is 0 Å². The summed E-state index contributed by atoms with van der Waals surface area (Å²) in [5.74, 6) is 0. The van der Waals surface area contributed by atoms with Gasteiger partial charge in [-0.05, 0) is 104 Å². The molecule has 8 rings (SSSR count). The molecule has 8 heterocycles. The SMILES string of the molecule is CO[Si](OC)(OC)c1ccc(-c2ccc(-c3ccc(-c4ccc(-c5ccc(-c6ccc(-c7ccc(-c8ccc(C)s8)s7)s6)s5)s4)s3)s2)s1. The summed E-state index contributed by atoms with van der Waals surface area (Å²) < 4.78 is 18.1. The van der Waals surface area contributed by atoms with E-state index in [1.807, 2.05) is 79.4 Å². The van der Waals surface area contributed by atoms with Crippen molar-refractivity contribution in [3.8, 4) is 68.3 Å². The van der Waals surface area contributed by atoms with Crippen LogP contribution in [0.4, 0.5) is 0 Å². The minimum Gasteiger partial charge on any atom is -0.373 e. The molecule has 3 nitrogen and oxygen atoms in total. The molecule has 242 valence electrons. The van der Waals surface area contributed by atoms with Crippen LogP contribution in [0.5, 0.6) is 0 Å². The number of hydrogen-bond donors (Lipinski definition) is 0. The number of thiophene rings is 8. The highest BCUT2D eigenvalue weighted by molar-refractivity contribution is 7.32. The molecular formula is C36H28O3S8Si. The molecule has 0 atom stereocenters. The lowest BCUT2D eigenvalue weighted by Crippen LogP contribution is -2.53. The van der Waals surface area contributed by atoms with Crippen molar-refractivity contribution in [2.45, 2.75) is 6.92 Å². The van der Waals surface area contributed by atoms with E-state index >= 15 is 0 Å². The molecule has 0 aliphatic carbocycles. The summed E-state index contributed by atoms with van der Waals surface area (Å²) in [7, 11) is 2.13. The molecule has 0 saturated carbocycles. The lowest BCUT2D eigenvalue weighted by atomic mass is 10.3. The van der Waals surface area contributed by atoms with Crippen LogP contribution in [0, 0.1) is 6.92 Å². The predicted molar refractivity (Wildman–Crippen MR) is 219 cm³/mol. The molecule has 0 spiro atoms. The summed E-state index contributed by atoms with van der Waals surface area (Å²) in [4.78, 5) is 19.6. The van der Waals surface area contributed by atoms with Crippen LogP contribution in [0.3, 0.4) is 0 Å². The first-order chi connectivity index (χ1) is 23.4. The Kier molecular flexibility index (Phi) is 9.44. The van der Waals surface area contributed by atoms with Crippen molar-refractivity contribution < 1.29 is 13.3 Å². The van der Waals surface area contributed by atoms with Gasteiger partial charge in [0.2, 0.25) is 0 Å². The van der Waals surface area contributed by atoms with Crippen LogP contribution < -0.4 is 4.50 Å². The van der Waals surface area contributed by atoms with E-state index in [9.17, 15) is 0 Å². The van der Waals surface area contributed by atoms with Crippen molar-refractivity contribution in [2.75, 3.05) is 21.3 Å². The second-order valence-electron chi connectivity index (χ2n) is 10.7. The molecule has 0 amide bonds. The van der Waals surface area contributed by atoms with Gasteiger partial charge in [0.1, 0.15) is 0 Å². The Balaban J connectivity index is 0.964. The summed E-state index contributed by atoms with van der Waals surface area (Å²) in [5.41, 5.74) is 0. The normalized spacial score (nSPS) is 12.0. The Morgan fingerprint density at radius 1 is 0.312 bits per heavy atom. The zero-order valence-corrected chi connectivity index (χ0v) is 33.8. The van der Waals surface area contributed by atoms with Crippen LogP contribution in [-0.2, 0) is 13.3 Å². The summed E-state index contributed by atoms with van der Waals surface area (Å²) in [6.45, 7) is 2.17. The van der Waals surface area contributed by atoms with E-state index in [0.717, 1.165) is 4.50 Å². The lowest BCUT2D eigenvalue weighted by molar-refractivity contribution is 0.141. The largest absolute Gasteiger partial charge is 0.546 e. The highest BCUT2D eigenvalue weighted by Gasteiger charge is 2.42. The van der Waals surface area contributed by atoms with Gasteiger partial charge in [-0.25, -0.2) is 0 Å². The Morgan fingerprint density at radius 2 is 0.542 bits per heavy atom. The third-order valence-electron chi connectivity index (χ3n) is 7.79. The molecule has 8 aromatic heterocycles. The maximum atomic E-state index is 5.68. The summed E-state index contributed by atoms with van der Waals surface area (Å²) in [6.07, 6.45) is 0. The smallest absolute Gasteiger partial charge is 0.373 e. The van der Waals surface area contributed by atoms with Crippen LogP contribution in [0.15, 0.2) is 97.1 Å². The van der Waals surface area contributed by atoms with Crippen LogP contribution in [0.1, 0.15) is 4.88 Å². The minimum absolute atomic E-state index is 1.02. The van der Waals surface area contributed by atoms with Gasteiger partial charge in [0.05, 0.1) is 4.50 Å². The third kappa shape index (κ3) is 6.27. The molecule has 0 aliphatic heterocycles. The lowest BCUT2D eigenvalue weighted by Gasteiger charge is -2.22. The van der Waals surface area contributed by atoms with Gasteiger partial charge in [0.25, 0.3) is 0 Å². The number of aryl methyl sites for hydroxylation is 1. The molecule has 0 radical (unpaired) electrons. The average Bonchev–Trinajstić information content (AvgIpc) is 3.95. The minimum atomic E-state index is -2.83. The molecule has 0 N–H and O–H groups in total. The summed E-state index contributed by atoms with van der Waals surface area (Å²) >= 11 is 14.8. The average molecular weight is 793 g/mol. The van der Waals surface area contributed by atoms with Gasteiger partial charge in [-0.3, -0.25) is 0 Å². The van der Waals surface area contributed by atoms with Gasteiger partial charge in [0, 0.05) is 94.5 Å². The van der Waals surface area contributed by atoms with E-state index in [1.54, 1.807) is 32.7 Å². The van der Waals surface area contributed by atoms with E-state index in [2.05, 4.69) is 104 Å². The quantitative estimate of drug-likeness (QED) is 0.122. The summed E-state index contributed by atoms with van der Waals surface area (Å²) in [6, 6.07) is 35.8. The number of hydrogen-bond acceptors (Lipinski definition) is 11. The summed E-state index contributed by atoms with van der Waals surface area (Å²) in [5, 5.41) is 0. The topological polar surface area (TPSA) is 27.7 Å². The molecule has 0 aliphatic rings. The first-order valence-corrected chi connectivity index (χ1v) is 23.1. The van der Waals surface area contributed by atoms with Crippen LogP contribution in [0.25, 0.3) is 68.3 Å². The molecule has 0 aromatic carbocycles. The molecule has 0 unspecified atom stereocenters. The first-order valence-electron chi connectivity index (χ1n) is 14.9. The predicted octanol–water partition coefficient (Wildman–Crippen LogP) is 13.2. The van der Waals surface area contributed by atoms with Gasteiger partial charge in [0.15, 0.2) is 0 Å². The fourth-order valence-corrected chi connectivity index (χ4v) is 16.6. The first kappa shape index (κ1) is 32.9. The van der Waals surface area contributed by atoms with Gasteiger partial charge >= 0.3 is 8.80 Å². The van der Waals surface area contributed by atoms with E-state index in [4.69, 9.17) is 13.3 Å². The Bertz CT molecular complexity index is 2300. The second kappa shape index (κ2) is 13.8. The Labute approximate surface area is 313 Å². The molecular weight excluding hydrogens is 765 g/mol. The van der Waals surface area contributed by atoms with Crippen LogP contribution in [0.2, 0.25) is 0 Å². The molecule has 0 bridgehead atoms. The van der Waals surface area contributed by atoms with Crippen molar-refractivity contribution in [1.29, 1.82) is 0 Å². The highest BCUT2D eigenvalue weighted by atomic mass is 32.1. The zero-order valence-electron chi connectivity index (χ0n) is 26.2. The maximum absolute atomic E-state index is 5.68. The highest BCUT2D eigenvalue weighted by Crippen LogP contribution is 2.47. The van der Waals surface area contributed by atoms with Crippen LogP contribution >= 0.6 is 90.7 Å². The van der Waals surface area contributed by atoms with E-state index in [0.29, 0.717) is 0 Å². The maximum Gasteiger partial charge on any atom is 0.546 e. The van der Waals surface area contributed by atoms with E-state index < -0.39 is 8.80 Å². The molecule has 0 saturated heterocycles.